The Balaban J connectivity index is 2.26. The second-order valence-corrected chi connectivity index (χ2v) is 6.74. The first kappa shape index (κ1) is 23.1. The number of carbonyl (C=O) groups is 2. The number of aliphatic hydroxyl groups is 4. The first-order valence-corrected chi connectivity index (χ1v) is 8.78. The average molecular weight is 408 g/mol. The Hall–Kier alpha value is -1.22. The van der Waals surface area contributed by atoms with Crippen LogP contribution in [-0.4, -0.2) is 108 Å². The number of aliphatic hydroxyl groups excluding tert-OH is 4. The van der Waals surface area contributed by atoms with Crippen LogP contribution in [0, 0.1) is 5.92 Å². The number of hydrogen-bond donors (Lipinski definition) is 5. The molecule has 12 heteroatoms. The normalized spacial score (nSPS) is 44.2. The molecule has 0 aromatic rings. The predicted molar refractivity (Wildman–Crippen MR) is 86.3 cm³/mol. The van der Waals surface area contributed by atoms with Crippen molar-refractivity contribution < 1.29 is 54.1 Å². The molecule has 0 radical (unpaired) electrons. The molecule has 0 aromatic carbocycles. The topological polar surface area (TPSA) is 187 Å². The fourth-order valence-electron chi connectivity index (χ4n) is 3.37. The van der Waals surface area contributed by atoms with Crippen molar-refractivity contribution in [3.63, 3.8) is 0 Å². The Kier molecular flexibility index (Phi) is 8.24. The van der Waals surface area contributed by atoms with Crippen LogP contribution in [0.1, 0.15) is 6.92 Å². The fourth-order valence-corrected chi connectivity index (χ4v) is 3.37. The summed E-state index contributed by atoms with van der Waals surface area (Å²) in [6, 6.07) is -0.943. The number of carboxylic acid groups (broad SMARTS) is 1. The van der Waals surface area contributed by atoms with Crippen LogP contribution in [0.4, 0.5) is 0 Å². The van der Waals surface area contributed by atoms with Gasteiger partial charge in [0.2, 0.25) is 0 Å². The largest absolute Gasteiger partial charge is 0.547 e. The number of hydrogen-bond acceptors (Lipinski definition) is 12. The summed E-state index contributed by atoms with van der Waals surface area (Å²) < 4.78 is 21.4. The van der Waals surface area contributed by atoms with E-state index < -0.39 is 73.7 Å². The molecular weight excluding hydrogens is 382 g/mol. The van der Waals surface area contributed by atoms with E-state index >= 15 is 0 Å². The van der Waals surface area contributed by atoms with E-state index in [2.05, 4.69) is 5.32 Å². The Morgan fingerprint density at radius 1 is 1.18 bits per heavy atom. The van der Waals surface area contributed by atoms with E-state index in [1.165, 1.54) is 14.0 Å². The SMILES string of the molecule is COC1OC(CO)C(O)C(OC2OC(C(=O)[O-])C(C)C(O)C2O)C1NCC=O. The Morgan fingerprint density at radius 3 is 2.39 bits per heavy atom. The van der Waals surface area contributed by atoms with E-state index in [1.54, 1.807) is 0 Å². The summed E-state index contributed by atoms with van der Waals surface area (Å²) in [4.78, 5) is 22.0. The third kappa shape index (κ3) is 4.67. The van der Waals surface area contributed by atoms with Crippen molar-refractivity contribution in [1.82, 2.24) is 5.32 Å². The summed E-state index contributed by atoms with van der Waals surface area (Å²) in [7, 11) is 1.30. The molecule has 10 atom stereocenters. The minimum absolute atomic E-state index is 0.153. The molecule has 2 aliphatic rings. The van der Waals surface area contributed by atoms with Gasteiger partial charge in [-0.1, -0.05) is 6.92 Å². The van der Waals surface area contributed by atoms with E-state index in [9.17, 15) is 35.1 Å². The molecule has 2 rings (SSSR count). The molecule has 10 unspecified atom stereocenters. The highest BCUT2D eigenvalue weighted by atomic mass is 16.7. The number of carboxylic acids is 1. The standard InChI is InChI=1S/C16H27NO11/c1-6-9(20)11(22)16(27-12(6)14(23)24)28-13-8(17-3-4-18)15(25-2)26-7(5-19)10(13)21/h4,6-13,15-17,19-22H,3,5H2,1-2H3,(H,23,24)/p-1. The maximum atomic E-state index is 11.3. The zero-order valence-electron chi connectivity index (χ0n) is 15.4. The van der Waals surface area contributed by atoms with Crippen molar-refractivity contribution in [2.24, 2.45) is 5.92 Å². The number of methoxy groups -OCH3 is 1. The van der Waals surface area contributed by atoms with Crippen LogP contribution in [0.15, 0.2) is 0 Å². The molecule has 5 N–H and O–H groups in total. The van der Waals surface area contributed by atoms with E-state index in [4.69, 9.17) is 18.9 Å². The van der Waals surface area contributed by atoms with Crippen LogP contribution < -0.4 is 10.4 Å². The lowest BCUT2D eigenvalue weighted by Crippen LogP contribution is -2.67. The van der Waals surface area contributed by atoms with Crippen LogP contribution >= 0.6 is 0 Å². The summed E-state index contributed by atoms with van der Waals surface area (Å²) >= 11 is 0. The van der Waals surface area contributed by atoms with Crippen LogP contribution in [0.2, 0.25) is 0 Å². The highest BCUT2D eigenvalue weighted by Crippen LogP contribution is 2.31. The van der Waals surface area contributed by atoms with Crippen molar-refractivity contribution in [1.29, 1.82) is 0 Å². The molecule has 2 aliphatic heterocycles. The van der Waals surface area contributed by atoms with Gasteiger partial charge in [-0.2, -0.15) is 0 Å². The maximum absolute atomic E-state index is 11.3. The van der Waals surface area contributed by atoms with E-state index in [0.29, 0.717) is 6.29 Å². The van der Waals surface area contributed by atoms with Gasteiger partial charge in [-0.15, -0.1) is 0 Å². The van der Waals surface area contributed by atoms with E-state index in [1.807, 2.05) is 0 Å². The quantitative estimate of drug-likeness (QED) is 0.241. The lowest BCUT2D eigenvalue weighted by atomic mass is 9.90. The monoisotopic (exact) mass is 408 g/mol. The van der Waals surface area contributed by atoms with Crippen molar-refractivity contribution in [3.8, 4) is 0 Å². The highest BCUT2D eigenvalue weighted by molar-refractivity contribution is 5.70. The van der Waals surface area contributed by atoms with Crippen LogP contribution in [0.3, 0.4) is 0 Å². The molecular formula is C16H26NO11-. The number of aliphatic carboxylic acids is 1. The summed E-state index contributed by atoms with van der Waals surface area (Å²) in [5.74, 6) is -2.57. The second-order valence-electron chi connectivity index (χ2n) is 6.74. The molecule has 2 fully saturated rings. The van der Waals surface area contributed by atoms with Gasteiger partial charge in [0.1, 0.15) is 36.8 Å². The van der Waals surface area contributed by atoms with Gasteiger partial charge < -0.3 is 59.4 Å². The van der Waals surface area contributed by atoms with Crippen LogP contribution in [-0.2, 0) is 28.5 Å². The second kappa shape index (κ2) is 10.0. The molecule has 0 spiro atoms. The number of aldehydes is 1. The van der Waals surface area contributed by atoms with Crippen molar-refractivity contribution in [3.05, 3.63) is 0 Å². The molecule has 28 heavy (non-hydrogen) atoms. The number of carbonyl (C=O) groups excluding carboxylic acids is 2. The maximum Gasteiger partial charge on any atom is 0.187 e. The average Bonchev–Trinajstić information content (AvgIpc) is 2.67. The molecule has 12 nitrogen and oxygen atoms in total. The van der Waals surface area contributed by atoms with Crippen LogP contribution in [0.25, 0.3) is 0 Å². The molecule has 0 saturated carbocycles. The summed E-state index contributed by atoms with van der Waals surface area (Å²) in [6.07, 6.45) is -10.6. The van der Waals surface area contributed by atoms with Gasteiger partial charge in [0.05, 0.1) is 31.3 Å². The van der Waals surface area contributed by atoms with E-state index in [0.717, 1.165) is 0 Å². The Morgan fingerprint density at radius 2 is 1.86 bits per heavy atom. The molecule has 0 aromatic heterocycles. The molecule has 2 heterocycles. The molecule has 2 saturated heterocycles. The van der Waals surface area contributed by atoms with Crippen molar-refractivity contribution in [2.75, 3.05) is 20.3 Å². The number of ether oxygens (including phenoxy) is 4. The van der Waals surface area contributed by atoms with Gasteiger partial charge in [0, 0.05) is 13.0 Å². The van der Waals surface area contributed by atoms with Gasteiger partial charge in [-0.25, -0.2) is 0 Å². The minimum Gasteiger partial charge on any atom is -0.547 e. The summed E-state index contributed by atoms with van der Waals surface area (Å²) in [5.41, 5.74) is 0. The highest BCUT2D eigenvalue weighted by Gasteiger charge is 2.50. The van der Waals surface area contributed by atoms with Gasteiger partial charge in [-0.05, 0) is 0 Å². The first-order chi connectivity index (χ1) is 13.3. The zero-order valence-corrected chi connectivity index (χ0v) is 15.4. The zero-order chi connectivity index (χ0) is 21.0. The molecule has 0 amide bonds. The van der Waals surface area contributed by atoms with Gasteiger partial charge in [0.25, 0.3) is 0 Å². The fraction of sp³-hybridized carbons (Fsp3) is 0.875. The van der Waals surface area contributed by atoms with Crippen LogP contribution in [0.5, 0.6) is 0 Å². The smallest absolute Gasteiger partial charge is 0.187 e. The lowest BCUT2D eigenvalue weighted by Gasteiger charge is -2.47. The molecule has 0 aliphatic carbocycles. The van der Waals surface area contributed by atoms with E-state index in [-0.39, 0.29) is 6.54 Å². The van der Waals surface area contributed by atoms with Crippen molar-refractivity contribution >= 4 is 12.3 Å². The third-order valence-corrected chi connectivity index (χ3v) is 4.97. The Bertz CT molecular complexity index is 535. The predicted octanol–water partition coefficient (Wildman–Crippen LogP) is -4.91. The number of nitrogens with one attached hydrogen (secondary N) is 1. The molecule has 162 valence electrons. The van der Waals surface area contributed by atoms with Gasteiger partial charge >= 0.3 is 0 Å². The Labute approximate surface area is 160 Å². The first-order valence-electron chi connectivity index (χ1n) is 8.78. The summed E-state index contributed by atoms with van der Waals surface area (Å²) in [6.45, 7) is 0.626. The van der Waals surface area contributed by atoms with Gasteiger partial charge in [-0.3, -0.25) is 0 Å². The molecule has 0 bridgehead atoms. The van der Waals surface area contributed by atoms with Gasteiger partial charge in [0.15, 0.2) is 12.6 Å². The number of rotatable bonds is 8. The lowest BCUT2D eigenvalue weighted by molar-refractivity contribution is -0.359. The van der Waals surface area contributed by atoms with Crippen molar-refractivity contribution in [2.45, 2.75) is 62.2 Å². The summed E-state index contributed by atoms with van der Waals surface area (Å²) in [5, 5.41) is 54.3. The third-order valence-electron chi connectivity index (χ3n) is 4.97. The minimum atomic E-state index is -1.63.